The van der Waals surface area contributed by atoms with Crippen molar-refractivity contribution in [3.05, 3.63) is 60.8 Å². The summed E-state index contributed by atoms with van der Waals surface area (Å²) in [5.74, 6) is -0.714. The summed E-state index contributed by atoms with van der Waals surface area (Å²) in [6.45, 7) is 2.24. The van der Waals surface area contributed by atoms with Gasteiger partial charge in [0.1, 0.15) is 0 Å². The van der Waals surface area contributed by atoms with Gasteiger partial charge in [0.2, 0.25) is 0 Å². The number of unbranched alkanes of at least 4 members (excludes halogenated alkanes) is 4. The zero-order chi connectivity index (χ0) is 18.4. The zero-order valence-corrected chi connectivity index (χ0v) is 15.9. The molecular weight excluding hydrogens is 308 g/mol. The topological polar surface area (TPSA) is 37.3 Å². The van der Waals surface area contributed by atoms with Crippen molar-refractivity contribution in [3.8, 4) is 0 Å². The number of carboxylic acid groups (broad SMARTS) is 1. The Morgan fingerprint density at radius 2 is 1.04 bits per heavy atom. The monoisotopic (exact) mass is 344 g/mol. The van der Waals surface area contributed by atoms with Gasteiger partial charge in [0.25, 0.3) is 0 Å². The smallest absolute Gasteiger partial charge is 0.303 e. The van der Waals surface area contributed by atoms with Crippen LogP contribution in [0.25, 0.3) is 0 Å². The molecule has 0 aromatic heterocycles. The summed E-state index contributed by atoms with van der Waals surface area (Å²) in [5, 5.41) is 8.52. The van der Waals surface area contributed by atoms with E-state index in [0.717, 1.165) is 38.5 Å². The van der Waals surface area contributed by atoms with Crippen molar-refractivity contribution in [1.29, 1.82) is 0 Å². The van der Waals surface area contributed by atoms with E-state index in [4.69, 9.17) is 5.11 Å². The Hall–Kier alpha value is -1.83. The fraction of sp³-hybridized carbons (Fsp3) is 0.522. The number of carboxylic acids is 1. The molecule has 0 radical (unpaired) electrons. The Morgan fingerprint density at radius 3 is 1.44 bits per heavy atom. The van der Waals surface area contributed by atoms with Crippen LogP contribution in [0.15, 0.2) is 60.8 Å². The molecule has 0 unspecified atom stereocenters. The minimum Gasteiger partial charge on any atom is -0.481 e. The molecule has 0 aromatic carbocycles. The van der Waals surface area contributed by atoms with E-state index in [2.05, 4.69) is 67.7 Å². The van der Waals surface area contributed by atoms with E-state index in [-0.39, 0.29) is 6.42 Å². The lowest BCUT2D eigenvalue weighted by atomic mass is 10.2. The zero-order valence-electron chi connectivity index (χ0n) is 15.9. The lowest BCUT2D eigenvalue weighted by molar-refractivity contribution is -0.137. The standard InChI is InChI=1S/C23H36O2/c1-2-3-4-5-6-7-8-9-10-11-12-13-14-15-16-17-18-19-20-21-22-23(24)25/h6-7,9-10,12-13,15-16,18-19H,2-5,8,11,14,17,20-22H2,1H3,(H,24,25)/b7-6-,10-9-,13-12-,16-15-,19-18-. The molecule has 0 amide bonds. The van der Waals surface area contributed by atoms with Gasteiger partial charge in [0.05, 0.1) is 0 Å². The number of aliphatic carboxylic acids is 1. The first-order valence-corrected chi connectivity index (χ1v) is 9.74. The van der Waals surface area contributed by atoms with E-state index >= 15 is 0 Å². The molecule has 0 fully saturated rings. The molecule has 0 aliphatic heterocycles. The highest BCUT2D eigenvalue weighted by molar-refractivity contribution is 5.66. The number of rotatable bonds is 16. The van der Waals surface area contributed by atoms with Gasteiger partial charge in [0, 0.05) is 6.42 Å². The largest absolute Gasteiger partial charge is 0.481 e. The first kappa shape index (κ1) is 23.2. The first-order valence-electron chi connectivity index (χ1n) is 9.74. The normalized spacial score (nSPS) is 12.7. The van der Waals surface area contributed by atoms with Crippen molar-refractivity contribution in [3.63, 3.8) is 0 Å². The van der Waals surface area contributed by atoms with Crippen LogP contribution in [-0.2, 0) is 4.79 Å². The van der Waals surface area contributed by atoms with E-state index in [0.29, 0.717) is 0 Å². The highest BCUT2D eigenvalue weighted by Gasteiger charge is 1.92. The van der Waals surface area contributed by atoms with Crippen LogP contribution in [0, 0.1) is 0 Å². The van der Waals surface area contributed by atoms with Gasteiger partial charge in [0.15, 0.2) is 0 Å². The Bertz CT molecular complexity index is 439. The molecular formula is C23H36O2. The molecule has 0 rings (SSSR count). The summed E-state index contributed by atoms with van der Waals surface area (Å²) in [4.78, 5) is 10.3. The maximum absolute atomic E-state index is 10.3. The summed E-state index contributed by atoms with van der Waals surface area (Å²) < 4.78 is 0. The molecule has 0 atom stereocenters. The molecule has 140 valence electrons. The predicted octanol–water partition coefficient (Wildman–Crippen LogP) is 7.16. The van der Waals surface area contributed by atoms with E-state index in [1.807, 2.05) is 0 Å². The van der Waals surface area contributed by atoms with E-state index < -0.39 is 5.97 Å². The number of hydrogen-bond acceptors (Lipinski definition) is 1. The fourth-order valence-corrected chi connectivity index (χ4v) is 2.20. The van der Waals surface area contributed by atoms with E-state index in [9.17, 15) is 4.79 Å². The van der Waals surface area contributed by atoms with Crippen LogP contribution >= 0.6 is 0 Å². The molecule has 0 bridgehead atoms. The van der Waals surface area contributed by atoms with Gasteiger partial charge in [-0.05, 0) is 51.4 Å². The number of allylic oxidation sites excluding steroid dienone is 10. The maximum Gasteiger partial charge on any atom is 0.303 e. The average molecular weight is 345 g/mol. The van der Waals surface area contributed by atoms with Gasteiger partial charge in [-0.25, -0.2) is 0 Å². The molecule has 2 nitrogen and oxygen atoms in total. The summed E-state index contributed by atoms with van der Waals surface area (Å²) in [7, 11) is 0. The Balaban J connectivity index is 3.45. The van der Waals surface area contributed by atoms with E-state index in [1.165, 1.54) is 25.7 Å². The second-order valence-electron chi connectivity index (χ2n) is 6.08. The van der Waals surface area contributed by atoms with Crippen LogP contribution in [0.2, 0.25) is 0 Å². The van der Waals surface area contributed by atoms with Crippen molar-refractivity contribution in [1.82, 2.24) is 0 Å². The quantitative estimate of drug-likeness (QED) is 0.238. The predicted molar refractivity (Wildman–Crippen MR) is 110 cm³/mol. The third-order valence-corrected chi connectivity index (χ3v) is 3.66. The summed E-state index contributed by atoms with van der Waals surface area (Å²) in [6, 6.07) is 0. The van der Waals surface area contributed by atoms with Crippen molar-refractivity contribution >= 4 is 5.97 Å². The molecule has 0 aliphatic rings. The van der Waals surface area contributed by atoms with Crippen LogP contribution in [0.3, 0.4) is 0 Å². The van der Waals surface area contributed by atoms with E-state index in [1.54, 1.807) is 0 Å². The second kappa shape index (κ2) is 20.2. The van der Waals surface area contributed by atoms with Crippen molar-refractivity contribution in [2.24, 2.45) is 0 Å². The first-order chi connectivity index (χ1) is 12.3. The molecule has 0 aromatic rings. The SMILES string of the molecule is CCCCC/C=C\C/C=C\C/C=C\C/C=C\C/C=C\CCCC(=O)O. The van der Waals surface area contributed by atoms with Crippen molar-refractivity contribution < 1.29 is 9.90 Å². The van der Waals surface area contributed by atoms with Crippen LogP contribution in [0.4, 0.5) is 0 Å². The highest BCUT2D eigenvalue weighted by atomic mass is 16.4. The number of carbonyl (C=O) groups is 1. The van der Waals surface area contributed by atoms with Gasteiger partial charge >= 0.3 is 5.97 Å². The summed E-state index contributed by atoms with van der Waals surface area (Å²) in [5.41, 5.74) is 0. The second-order valence-corrected chi connectivity index (χ2v) is 6.08. The van der Waals surface area contributed by atoms with Gasteiger partial charge in [-0.2, -0.15) is 0 Å². The van der Waals surface area contributed by atoms with Crippen molar-refractivity contribution in [2.75, 3.05) is 0 Å². The summed E-state index contributed by atoms with van der Waals surface area (Å²) >= 11 is 0. The fourth-order valence-electron chi connectivity index (χ4n) is 2.20. The third kappa shape index (κ3) is 22.2. The van der Waals surface area contributed by atoms with Crippen LogP contribution in [0.1, 0.15) is 77.6 Å². The summed E-state index contributed by atoms with van der Waals surface area (Å²) in [6.07, 6.45) is 32.8. The third-order valence-electron chi connectivity index (χ3n) is 3.66. The Labute approximate surface area is 154 Å². The molecule has 1 N–H and O–H groups in total. The van der Waals surface area contributed by atoms with Gasteiger partial charge in [-0.3, -0.25) is 4.79 Å². The Morgan fingerprint density at radius 1 is 0.640 bits per heavy atom. The lowest BCUT2D eigenvalue weighted by Crippen LogP contribution is -1.92. The lowest BCUT2D eigenvalue weighted by Gasteiger charge is -1.90. The van der Waals surface area contributed by atoms with Gasteiger partial charge in [-0.1, -0.05) is 80.5 Å². The van der Waals surface area contributed by atoms with Crippen LogP contribution in [0.5, 0.6) is 0 Å². The van der Waals surface area contributed by atoms with Gasteiger partial charge < -0.3 is 5.11 Å². The van der Waals surface area contributed by atoms with Crippen molar-refractivity contribution in [2.45, 2.75) is 77.6 Å². The molecule has 0 heterocycles. The highest BCUT2D eigenvalue weighted by Crippen LogP contribution is 2.01. The Kier molecular flexibility index (Phi) is 18.7. The van der Waals surface area contributed by atoms with Crippen LogP contribution in [-0.4, -0.2) is 11.1 Å². The van der Waals surface area contributed by atoms with Gasteiger partial charge in [-0.15, -0.1) is 0 Å². The molecule has 0 spiro atoms. The molecule has 25 heavy (non-hydrogen) atoms. The minimum absolute atomic E-state index is 0.259. The van der Waals surface area contributed by atoms with Crippen LogP contribution < -0.4 is 0 Å². The molecule has 0 saturated heterocycles. The number of hydrogen-bond donors (Lipinski definition) is 1. The molecule has 0 aliphatic carbocycles. The molecule has 2 heteroatoms. The maximum atomic E-state index is 10.3. The molecule has 0 saturated carbocycles. The minimum atomic E-state index is -0.714. The average Bonchev–Trinajstić information content (AvgIpc) is 2.60.